The van der Waals surface area contributed by atoms with Crippen LogP contribution in [0.15, 0.2) is 48.5 Å². The first kappa shape index (κ1) is 18.5. The first-order chi connectivity index (χ1) is 12.3. The van der Waals surface area contributed by atoms with Crippen molar-refractivity contribution in [2.24, 2.45) is 0 Å². The lowest BCUT2D eigenvalue weighted by Gasteiger charge is -2.16. The van der Waals surface area contributed by atoms with E-state index in [2.05, 4.69) is 5.32 Å². The third-order valence-electron chi connectivity index (χ3n) is 4.09. The molecule has 0 saturated carbocycles. The number of rotatable bonds is 4. The summed E-state index contributed by atoms with van der Waals surface area (Å²) < 4.78 is 25.3. The Balaban J connectivity index is 1.66. The number of aryl methyl sites for hydroxylation is 1. The molecule has 1 fully saturated rings. The number of benzene rings is 2. The SMILES string of the molecule is Cc1ccc(NC(=O)/C=C/c2ccc(N3CCCS3(=O)=O)cc2)c(Cl)c1. The van der Waals surface area contributed by atoms with Crippen LogP contribution >= 0.6 is 11.6 Å². The average molecular weight is 391 g/mol. The highest BCUT2D eigenvalue weighted by Gasteiger charge is 2.28. The molecule has 26 heavy (non-hydrogen) atoms. The number of hydrogen-bond donors (Lipinski definition) is 1. The van der Waals surface area contributed by atoms with Gasteiger partial charge < -0.3 is 5.32 Å². The molecule has 1 N–H and O–H groups in total. The molecule has 136 valence electrons. The third kappa shape index (κ3) is 4.26. The number of sulfonamides is 1. The van der Waals surface area contributed by atoms with E-state index in [-0.39, 0.29) is 11.7 Å². The molecule has 1 heterocycles. The van der Waals surface area contributed by atoms with Crippen molar-refractivity contribution in [1.82, 2.24) is 0 Å². The summed E-state index contributed by atoms with van der Waals surface area (Å²) in [7, 11) is -3.18. The topological polar surface area (TPSA) is 66.5 Å². The second-order valence-corrected chi connectivity index (χ2v) is 8.56. The van der Waals surface area contributed by atoms with Gasteiger partial charge in [0, 0.05) is 12.6 Å². The van der Waals surface area contributed by atoms with Gasteiger partial charge in [0.15, 0.2) is 0 Å². The van der Waals surface area contributed by atoms with Gasteiger partial charge in [-0.2, -0.15) is 0 Å². The van der Waals surface area contributed by atoms with Crippen LogP contribution in [-0.4, -0.2) is 26.6 Å². The van der Waals surface area contributed by atoms with Gasteiger partial charge >= 0.3 is 0 Å². The predicted molar refractivity (Wildman–Crippen MR) is 106 cm³/mol. The van der Waals surface area contributed by atoms with Crippen molar-refractivity contribution in [3.63, 3.8) is 0 Å². The molecule has 1 amide bonds. The smallest absolute Gasteiger partial charge is 0.248 e. The molecule has 0 unspecified atom stereocenters. The summed E-state index contributed by atoms with van der Waals surface area (Å²) in [5.41, 5.74) is 3.02. The largest absolute Gasteiger partial charge is 0.321 e. The Labute approximate surface area is 158 Å². The molecular weight excluding hydrogens is 372 g/mol. The fourth-order valence-electron chi connectivity index (χ4n) is 2.75. The van der Waals surface area contributed by atoms with Gasteiger partial charge in [-0.05, 0) is 54.8 Å². The standard InChI is InChI=1S/C19H19ClN2O3S/c1-14-3-9-18(17(20)13-14)21-19(23)10-6-15-4-7-16(8-5-15)22-11-2-12-26(22,24)25/h3-10,13H,2,11-12H2,1H3,(H,21,23)/b10-6+. The van der Waals surface area contributed by atoms with Crippen LogP contribution < -0.4 is 9.62 Å². The van der Waals surface area contributed by atoms with Crippen LogP contribution in [-0.2, 0) is 14.8 Å². The van der Waals surface area contributed by atoms with Crippen molar-refractivity contribution in [1.29, 1.82) is 0 Å². The normalized spacial score (nSPS) is 16.2. The van der Waals surface area contributed by atoms with Crippen LogP contribution in [0.3, 0.4) is 0 Å². The second-order valence-electron chi connectivity index (χ2n) is 6.14. The van der Waals surface area contributed by atoms with E-state index in [1.807, 2.05) is 13.0 Å². The molecule has 0 aromatic heterocycles. The van der Waals surface area contributed by atoms with Crippen LogP contribution in [0.25, 0.3) is 6.08 Å². The molecule has 5 nitrogen and oxygen atoms in total. The molecule has 7 heteroatoms. The van der Waals surface area contributed by atoms with Crippen molar-refractivity contribution in [3.05, 3.63) is 64.7 Å². The van der Waals surface area contributed by atoms with E-state index in [4.69, 9.17) is 11.6 Å². The molecule has 0 radical (unpaired) electrons. The van der Waals surface area contributed by atoms with E-state index in [1.54, 1.807) is 42.5 Å². The lowest BCUT2D eigenvalue weighted by atomic mass is 10.2. The number of halogens is 1. The summed E-state index contributed by atoms with van der Waals surface area (Å²) >= 11 is 6.10. The molecule has 0 aliphatic carbocycles. The number of anilines is 2. The number of carbonyl (C=O) groups is 1. The van der Waals surface area contributed by atoms with E-state index < -0.39 is 10.0 Å². The Morgan fingerprint density at radius 3 is 2.54 bits per heavy atom. The van der Waals surface area contributed by atoms with E-state index in [9.17, 15) is 13.2 Å². The Bertz CT molecular complexity index is 953. The molecule has 0 bridgehead atoms. The first-order valence-electron chi connectivity index (χ1n) is 8.21. The number of nitrogens with zero attached hydrogens (tertiary/aromatic N) is 1. The summed E-state index contributed by atoms with van der Waals surface area (Å²) in [5.74, 6) is -0.0990. The minimum atomic E-state index is -3.18. The second kappa shape index (κ2) is 7.51. The van der Waals surface area contributed by atoms with Gasteiger partial charge in [-0.1, -0.05) is 29.8 Å². The molecule has 1 aliphatic heterocycles. The van der Waals surface area contributed by atoms with Gasteiger partial charge in [-0.25, -0.2) is 8.42 Å². The van der Waals surface area contributed by atoms with E-state index in [0.29, 0.717) is 29.4 Å². The Morgan fingerprint density at radius 1 is 1.19 bits per heavy atom. The highest BCUT2D eigenvalue weighted by Crippen LogP contribution is 2.25. The van der Waals surface area contributed by atoms with Gasteiger partial charge in [-0.3, -0.25) is 9.10 Å². The minimum Gasteiger partial charge on any atom is -0.321 e. The first-order valence-corrected chi connectivity index (χ1v) is 10.2. The van der Waals surface area contributed by atoms with Gasteiger partial charge in [0.25, 0.3) is 0 Å². The van der Waals surface area contributed by atoms with Gasteiger partial charge in [-0.15, -0.1) is 0 Å². The Hall–Kier alpha value is -2.31. The monoisotopic (exact) mass is 390 g/mol. The molecule has 1 aliphatic rings. The van der Waals surface area contributed by atoms with Gasteiger partial charge in [0.2, 0.25) is 15.9 Å². The van der Waals surface area contributed by atoms with E-state index in [1.165, 1.54) is 10.4 Å². The molecule has 0 atom stereocenters. The van der Waals surface area contributed by atoms with Crippen LogP contribution in [0.1, 0.15) is 17.5 Å². The number of carbonyl (C=O) groups excluding carboxylic acids is 1. The zero-order valence-electron chi connectivity index (χ0n) is 14.3. The number of nitrogens with one attached hydrogen (secondary N) is 1. The number of amides is 1. The third-order valence-corrected chi connectivity index (χ3v) is 6.27. The highest BCUT2D eigenvalue weighted by atomic mass is 35.5. The summed E-state index contributed by atoms with van der Waals surface area (Å²) in [5, 5.41) is 3.22. The summed E-state index contributed by atoms with van der Waals surface area (Å²) in [6, 6.07) is 12.5. The van der Waals surface area contributed by atoms with Crippen molar-refractivity contribution in [2.75, 3.05) is 21.9 Å². The lowest BCUT2D eigenvalue weighted by Crippen LogP contribution is -2.24. The predicted octanol–water partition coefficient (Wildman–Crippen LogP) is 3.84. The van der Waals surface area contributed by atoms with Crippen LogP contribution in [0.2, 0.25) is 5.02 Å². The zero-order valence-corrected chi connectivity index (χ0v) is 15.8. The van der Waals surface area contributed by atoms with Crippen LogP contribution in [0.5, 0.6) is 0 Å². The van der Waals surface area contributed by atoms with Crippen molar-refractivity contribution in [3.8, 4) is 0 Å². The maximum atomic E-state index is 12.0. The van der Waals surface area contributed by atoms with Crippen molar-refractivity contribution < 1.29 is 13.2 Å². The van der Waals surface area contributed by atoms with Crippen LogP contribution in [0, 0.1) is 6.92 Å². The fourth-order valence-corrected chi connectivity index (χ4v) is 4.60. The summed E-state index contributed by atoms with van der Waals surface area (Å²) in [6.07, 6.45) is 3.73. The molecule has 3 rings (SSSR count). The van der Waals surface area contributed by atoms with Gasteiger partial charge in [0.05, 0.1) is 22.2 Å². The Morgan fingerprint density at radius 2 is 1.92 bits per heavy atom. The van der Waals surface area contributed by atoms with Crippen molar-refractivity contribution in [2.45, 2.75) is 13.3 Å². The van der Waals surface area contributed by atoms with E-state index >= 15 is 0 Å². The Kier molecular flexibility index (Phi) is 5.34. The molecule has 1 saturated heterocycles. The van der Waals surface area contributed by atoms with Gasteiger partial charge in [0.1, 0.15) is 0 Å². The maximum absolute atomic E-state index is 12.0. The summed E-state index contributed by atoms with van der Waals surface area (Å²) in [4.78, 5) is 12.0. The van der Waals surface area contributed by atoms with E-state index in [0.717, 1.165) is 11.1 Å². The average Bonchev–Trinajstić information content (AvgIpc) is 2.95. The minimum absolute atomic E-state index is 0.191. The quantitative estimate of drug-likeness (QED) is 0.806. The van der Waals surface area contributed by atoms with Crippen molar-refractivity contribution >= 4 is 45.0 Å². The summed E-state index contributed by atoms with van der Waals surface area (Å²) in [6.45, 7) is 2.44. The molecule has 0 spiro atoms. The fraction of sp³-hybridized carbons (Fsp3) is 0.211. The zero-order chi connectivity index (χ0) is 18.7. The number of hydrogen-bond acceptors (Lipinski definition) is 3. The molecular formula is C19H19ClN2O3S. The molecule has 2 aromatic carbocycles. The van der Waals surface area contributed by atoms with Crippen LogP contribution in [0.4, 0.5) is 11.4 Å². The lowest BCUT2D eigenvalue weighted by molar-refractivity contribution is -0.111. The molecule has 2 aromatic rings. The maximum Gasteiger partial charge on any atom is 0.248 e. The highest BCUT2D eigenvalue weighted by molar-refractivity contribution is 7.93.